The van der Waals surface area contributed by atoms with Crippen LogP contribution in [0.3, 0.4) is 0 Å². The molecule has 0 radical (unpaired) electrons. The normalized spacial score (nSPS) is 25.6. The van der Waals surface area contributed by atoms with E-state index in [1.165, 1.54) is 19.3 Å². The fraction of sp³-hybridized carbons (Fsp3) is 0.556. The summed E-state index contributed by atoms with van der Waals surface area (Å²) in [6.45, 7) is 9.57. The number of carbonyl (C=O) groups is 1. The van der Waals surface area contributed by atoms with E-state index in [1.807, 2.05) is 30.0 Å². The van der Waals surface area contributed by atoms with Crippen LogP contribution in [0.25, 0.3) is 0 Å². The molecule has 1 atom stereocenters. The van der Waals surface area contributed by atoms with E-state index in [0.717, 1.165) is 38.3 Å². The van der Waals surface area contributed by atoms with Gasteiger partial charge in [0.1, 0.15) is 0 Å². The highest BCUT2D eigenvalue weighted by Crippen LogP contribution is 2.37. The van der Waals surface area contributed by atoms with Crippen LogP contribution in [-0.2, 0) is 0 Å². The van der Waals surface area contributed by atoms with Crippen LogP contribution in [0, 0.1) is 6.92 Å². The van der Waals surface area contributed by atoms with Crippen molar-refractivity contribution >= 4 is 5.91 Å². The van der Waals surface area contributed by atoms with E-state index < -0.39 is 0 Å². The molecule has 2 aliphatic heterocycles. The van der Waals surface area contributed by atoms with E-state index in [1.54, 1.807) is 6.20 Å². The van der Waals surface area contributed by atoms with E-state index in [0.29, 0.717) is 5.56 Å². The van der Waals surface area contributed by atoms with E-state index >= 15 is 0 Å². The third kappa shape index (κ3) is 2.80. The summed E-state index contributed by atoms with van der Waals surface area (Å²) < 4.78 is 0. The Hall–Kier alpha value is -1.68. The van der Waals surface area contributed by atoms with Gasteiger partial charge in [-0.25, -0.2) is 0 Å². The van der Waals surface area contributed by atoms with Crippen LogP contribution in [-0.4, -0.2) is 52.4 Å². The summed E-state index contributed by atoms with van der Waals surface area (Å²) >= 11 is 0. The average Bonchev–Trinajstić information content (AvgIpc) is 2.90. The summed E-state index contributed by atoms with van der Waals surface area (Å²) in [5.41, 5.74) is 1.82. The zero-order chi connectivity index (χ0) is 15.6. The van der Waals surface area contributed by atoms with Gasteiger partial charge in [0.2, 0.25) is 0 Å². The number of nitrogens with zero attached hydrogens (tertiary/aromatic N) is 3. The summed E-state index contributed by atoms with van der Waals surface area (Å²) in [4.78, 5) is 21.6. The maximum absolute atomic E-state index is 12.8. The maximum atomic E-state index is 12.8. The van der Waals surface area contributed by atoms with Crippen LogP contribution in [0.1, 0.15) is 41.7 Å². The van der Waals surface area contributed by atoms with Gasteiger partial charge in [-0.2, -0.15) is 0 Å². The molecule has 1 spiro atoms. The number of pyridine rings is 1. The van der Waals surface area contributed by atoms with E-state index in [2.05, 4.69) is 16.5 Å². The number of piperidine rings is 1. The summed E-state index contributed by atoms with van der Waals surface area (Å²) in [5, 5.41) is 0. The lowest BCUT2D eigenvalue weighted by Gasteiger charge is -2.45. The van der Waals surface area contributed by atoms with Crippen LogP contribution in [0.4, 0.5) is 0 Å². The Bertz CT molecular complexity index is 554. The number of hydrogen-bond acceptors (Lipinski definition) is 3. The van der Waals surface area contributed by atoms with Gasteiger partial charge in [-0.05, 0) is 51.3 Å². The molecule has 1 aromatic heterocycles. The van der Waals surface area contributed by atoms with Gasteiger partial charge in [-0.15, -0.1) is 6.58 Å². The smallest absolute Gasteiger partial charge is 0.255 e. The van der Waals surface area contributed by atoms with Crippen LogP contribution >= 0.6 is 0 Å². The number of aryl methyl sites for hydroxylation is 1. The SMILES string of the molecule is C=CCN1CCCC12CCCN(C(=O)c1ccc(C)nc1)C2. The minimum atomic E-state index is 0.122. The van der Waals surface area contributed by atoms with Crippen molar-refractivity contribution in [2.75, 3.05) is 26.2 Å². The molecular weight excluding hydrogens is 274 g/mol. The predicted octanol–water partition coefficient (Wildman–Crippen LogP) is 2.65. The quantitative estimate of drug-likeness (QED) is 0.805. The molecule has 0 aliphatic carbocycles. The van der Waals surface area contributed by atoms with Crippen molar-refractivity contribution in [2.45, 2.75) is 38.1 Å². The van der Waals surface area contributed by atoms with Crippen molar-refractivity contribution in [1.82, 2.24) is 14.8 Å². The molecule has 0 bridgehead atoms. The highest BCUT2D eigenvalue weighted by atomic mass is 16.2. The number of carbonyl (C=O) groups excluding carboxylic acids is 1. The number of hydrogen-bond donors (Lipinski definition) is 0. The fourth-order valence-corrected chi connectivity index (χ4v) is 3.96. The lowest BCUT2D eigenvalue weighted by atomic mass is 9.86. The minimum Gasteiger partial charge on any atom is -0.337 e. The van der Waals surface area contributed by atoms with Crippen molar-refractivity contribution in [3.8, 4) is 0 Å². The van der Waals surface area contributed by atoms with Gasteiger partial charge in [0, 0.05) is 37.1 Å². The van der Waals surface area contributed by atoms with Crippen LogP contribution in [0.2, 0.25) is 0 Å². The van der Waals surface area contributed by atoms with Crippen molar-refractivity contribution in [3.63, 3.8) is 0 Å². The van der Waals surface area contributed by atoms with Crippen molar-refractivity contribution < 1.29 is 4.79 Å². The van der Waals surface area contributed by atoms with Crippen molar-refractivity contribution in [1.29, 1.82) is 0 Å². The summed E-state index contributed by atoms with van der Waals surface area (Å²) in [5.74, 6) is 0.122. The molecule has 3 heterocycles. The molecule has 2 fully saturated rings. The Morgan fingerprint density at radius 2 is 2.14 bits per heavy atom. The monoisotopic (exact) mass is 299 g/mol. The average molecular weight is 299 g/mol. The molecule has 1 unspecified atom stereocenters. The Morgan fingerprint density at radius 3 is 2.82 bits per heavy atom. The van der Waals surface area contributed by atoms with Gasteiger partial charge < -0.3 is 4.90 Å². The minimum absolute atomic E-state index is 0.122. The zero-order valence-electron chi connectivity index (χ0n) is 13.4. The summed E-state index contributed by atoms with van der Waals surface area (Å²) in [6, 6.07) is 3.80. The van der Waals surface area contributed by atoms with Crippen LogP contribution in [0.15, 0.2) is 31.0 Å². The molecule has 22 heavy (non-hydrogen) atoms. The third-order valence-electron chi connectivity index (χ3n) is 5.09. The fourth-order valence-electron chi connectivity index (χ4n) is 3.96. The van der Waals surface area contributed by atoms with Gasteiger partial charge >= 0.3 is 0 Å². The summed E-state index contributed by atoms with van der Waals surface area (Å²) in [6.07, 6.45) is 8.38. The van der Waals surface area contributed by atoms with Gasteiger partial charge in [0.05, 0.1) is 5.56 Å². The van der Waals surface area contributed by atoms with Crippen LogP contribution < -0.4 is 0 Å². The lowest BCUT2D eigenvalue weighted by molar-refractivity contribution is 0.0366. The number of aromatic nitrogens is 1. The Balaban J connectivity index is 1.76. The molecule has 1 aromatic rings. The largest absolute Gasteiger partial charge is 0.337 e. The molecule has 0 N–H and O–H groups in total. The van der Waals surface area contributed by atoms with E-state index in [4.69, 9.17) is 0 Å². The van der Waals surface area contributed by atoms with Gasteiger partial charge in [0.25, 0.3) is 5.91 Å². The van der Waals surface area contributed by atoms with Crippen molar-refractivity contribution in [2.24, 2.45) is 0 Å². The predicted molar refractivity (Wildman–Crippen MR) is 87.8 cm³/mol. The standard InChI is InChI=1S/C18H25N3O/c1-3-10-21-12-5-9-18(21)8-4-11-20(14-18)17(22)16-7-6-15(2)19-13-16/h3,6-7,13H,1,4-5,8-12,14H2,2H3. The first-order valence-corrected chi connectivity index (χ1v) is 8.22. The van der Waals surface area contributed by atoms with Gasteiger partial charge in [-0.1, -0.05) is 6.08 Å². The summed E-state index contributed by atoms with van der Waals surface area (Å²) in [7, 11) is 0. The molecule has 4 nitrogen and oxygen atoms in total. The molecule has 1 amide bonds. The van der Waals surface area contributed by atoms with E-state index in [-0.39, 0.29) is 11.4 Å². The van der Waals surface area contributed by atoms with Gasteiger partial charge in [0.15, 0.2) is 0 Å². The molecule has 3 rings (SSSR count). The first-order valence-electron chi connectivity index (χ1n) is 8.22. The molecule has 2 saturated heterocycles. The highest BCUT2D eigenvalue weighted by Gasteiger charge is 2.44. The number of likely N-dealkylation sites (tertiary alicyclic amines) is 2. The second-order valence-corrected chi connectivity index (χ2v) is 6.58. The molecule has 118 valence electrons. The van der Waals surface area contributed by atoms with Crippen LogP contribution in [0.5, 0.6) is 0 Å². The number of amides is 1. The van der Waals surface area contributed by atoms with Gasteiger partial charge in [-0.3, -0.25) is 14.7 Å². The Morgan fingerprint density at radius 1 is 1.36 bits per heavy atom. The topological polar surface area (TPSA) is 36.4 Å². The molecule has 0 saturated carbocycles. The zero-order valence-corrected chi connectivity index (χ0v) is 13.4. The number of rotatable bonds is 3. The molecular formula is C18H25N3O. The molecule has 0 aromatic carbocycles. The Kier molecular flexibility index (Phi) is 4.30. The second-order valence-electron chi connectivity index (χ2n) is 6.58. The maximum Gasteiger partial charge on any atom is 0.255 e. The molecule has 4 heteroatoms. The first-order chi connectivity index (χ1) is 10.6. The van der Waals surface area contributed by atoms with E-state index in [9.17, 15) is 4.79 Å². The third-order valence-corrected chi connectivity index (χ3v) is 5.09. The van der Waals surface area contributed by atoms with Crippen molar-refractivity contribution in [3.05, 3.63) is 42.2 Å². The first kappa shape index (κ1) is 15.2. The molecule has 2 aliphatic rings. The Labute approximate surface area is 132 Å². The second kappa shape index (κ2) is 6.21. The lowest BCUT2D eigenvalue weighted by Crippen LogP contribution is -2.56. The highest BCUT2D eigenvalue weighted by molar-refractivity contribution is 5.94.